The minimum Gasteiger partial charge on any atom is -0.358 e. The molecule has 2 aromatic carbocycles. The van der Waals surface area contributed by atoms with Crippen LogP contribution >= 0.6 is 11.3 Å². The first kappa shape index (κ1) is 21.3. The van der Waals surface area contributed by atoms with Gasteiger partial charge in [-0.2, -0.15) is 0 Å². The molecule has 4 aromatic rings. The number of rotatable bonds is 5. The van der Waals surface area contributed by atoms with Crippen molar-refractivity contribution in [1.29, 1.82) is 0 Å². The molecule has 0 saturated carbocycles. The van der Waals surface area contributed by atoms with Gasteiger partial charge in [0.25, 0.3) is 5.91 Å². The largest absolute Gasteiger partial charge is 0.358 e. The van der Waals surface area contributed by atoms with E-state index in [0.29, 0.717) is 29.8 Å². The topological polar surface area (TPSA) is 78.1 Å². The molecule has 1 aliphatic heterocycles. The molecule has 0 aliphatic carbocycles. The summed E-state index contributed by atoms with van der Waals surface area (Å²) < 4.78 is 13.8. The maximum Gasteiger partial charge on any atom is 0.260 e. The standard InChI is InChI=1S/C25H23FN4O2S/c26-20-7-3-2-6-19(20)24(32)29-25-27-18(15-33-25)14-23(31)30-11-9-16(10-12-30)22-13-17-5-1-4-8-21(17)28-22/h1-8,13,15-16,28H,9-12,14H2,(H,27,29,32). The van der Waals surface area contributed by atoms with E-state index in [0.717, 1.165) is 18.4 Å². The number of hydrogen-bond donors (Lipinski definition) is 2. The second-order valence-corrected chi connectivity index (χ2v) is 9.08. The van der Waals surface area contributed by atoms with E-state index in [2.05, 4.69) is 33.5 Å². The van der Waals surface area contributed by atoms with E-state index in [1.807, 2.05) is 17.0 Å². The van der Waals surface area contributed by atoms with E-state index in [1.54, 1.807) is 11.4 Å². The number of hydrogen-bond acceptors (Lipinski definition) is 4. The lowest BCUT2D eigenvalue weighted by molar-refractivity contribution is -0.131. The molecule has 2 aromatic heterocycles. The Balaban J connectivity index is 1.15. The summed E-state index contributed by atoms with van der Waals surface area (Å²) in [6.45, 7) is 1.42. The molecule has 1 saturated heterocycles. The number of para-hydroxylation sites is 1. The van der Waals surface area contributed by atoms with Crippen molar-refractivity contribution in [3.63, 3.8) is 0 Å². The van der Waals surface area contributed by atoms with Gasteiger partial charge in [-0.1, -0.05) is 30.3 Å². The lowest BCUT2D eigenvalue weighted by Crippen LogP contribution is -2.38. The molecule has 0 spiro atoms. The molecular formula is C25H23FN4O2S. The molecule has 2 amide bonds. The van der Waals surface area contributed by atoms with Gasteiger partial charge in [0.05, 0.1) is 17.7 Å². The summed E-state index contributed by atoms with van der Waals surface area (Å²) >= 11 is 1.23. The van der Waals surface area contributed by atoms with Crippen LogP contribution in [0.25, 0.3) is 10.9 Å². The second-order valence-electron chi connectivity index (χ2n) is 8.22. The number of carbonyl (C=O) groups is 2. The number of aromatic nitrogens is 2. The van der Waals surface area contributed by atoms with Crippen LogP contribution < -0.4 is 5.32 Å². The van der Waals surface area contributed by atoms with Crippen molar-refractivity contribution in [2.45, 2.75) is 25.2 Å². The Kier molecular flexibility index (Phi) is 5.92. The van der Waals surface area contributed by atoms with Crippen LogP contribution in [0.3, 0.4) is 0 Å². The van der Waals surface area contributed by atoms with Crippen LogP contribution in [0.2, 0.25) is 0 Å². The van der Waals surface area contributed by atoms with Gasteiger partial charge < -0.3 is 9.88 Å². The number of benzene rings is 2. The van der Waals surface area contributed by atoms with Gasteiger partial charge in [-0.3, -0.25) is 14.9 Å². The smallest absolute Gasteiger partial charge is 0.260 e. The number of carbonyl (C=O) groups excluding carboxylic acids is 2. The fraction of sp³-hybridized carbons (Fsp3) is 0.240. The summed E-state index contributed by atoms with van der Waals surface area (Å²) in [5.74, 6) is -0.694. The summed E-state index contributed by atoms with van der Waals surface area (Å²) in [4.78, 5) is 34.8. The van der Waals surface area contributed by atoms with Crippen molar-refractivity contribution in [2.24, 2.45) is 0 Å². The average molecular weight is 463 g/mol. The maximum absolute atomic E-state index is 13.8. The average Bonchev–Trinajstić information content (AvgIpc) is 3.46. The van der Waals surface area contributed by atoms with Crippen molar-refractivity contribution in [3.05, 3.63) is 82.7 Å². The highest BCUT2D eigenvalue weighted by molar-refractivity contribution is 7.14. The van der Waals surface area contributed by atoms with Crippen molar-refractivity contribution in [2.75, 3.05) is 18.4 Å². The number of halogens is 1. The number of fused-ring (bicyclic) bond motifs is 1. The number of thiazole rings is 1. The first-order valence-corrected chi connectivity index (χ1v) is 11.8. The molecule has 2 N–H and O–H groups in total. The predicted molar refractivity (Wildman–Crippen MR) is 127 cm³/mol. The normalized spacial score (nSPS) is 14.5. The lowest BCUT2D eigenvalue weighted by atomic mass is 9.93. The minimum absolute atomic E-state index is 0.0300. The summed E-state index contributed by atoms with van der Waals surface area (Å²) in [6, 6.07) is 16.3. The van der Waals surface area contributed by atoms with Crippen molar-refractivity contribution < 1.29 is 14.0 Å². The highest BCUT2D eigenvalue weighted by atomic mass is 32.1. The van der Waals surface area contributed by atoms with Crippen LogP contribution in [-0.4, -0.2) is 39.8 Å². The van der Waals surface area contributed by atoms with Gasteiger partial charge in [0.15, 0.2) is 5.13 Å². The predicted octanol–water partition coefficient (Wildman–Crippen LogP) is 4.96. The number of nitrogens with zero attached hydrogens (tertiary/aromatic N) is 2. The number of piperidine rings is 1. The molecule has 8 heteroatoms. The number of aromatic amines is 1. The van der Waals surface area contributed by atoms with E-state index in [4.69, 9.17) is 0 Å². The molecule has 0 unspecified atom stereocenters. The fourth-order valence-corrected chi connectivity index (χ4v) is 4.98. The molecule has 0 bridgehead atoms. The number of H-pyrrole nitrogens is 1. The third-order valence-electron chi connectivity index (χ3n) is 6.06. The Morgan fingerprint density at radius 2 is 1.88 bits per heavy atom. The van der Waals surface area contributed by atoms with Crippen molar-refractivity contribution in [3.8, 4) is 0 Å². The Bertz CT molecular complexity index is 1270. The molecule has 1 aliphatic rings. The quantitative estimate of drug-likeness (QED) is 0.440. The van der Waals surface area contributed by atoms with Gasteiger partial charge in [0.2, 0.25) is 5.91 Å². The number of likely N-dealkylation sites (tertiary alicyclic amines) is 1. The fourth-order valence-electron chi connectivity index (χ4n) is 4.28. The monoisotopic (exact) mass is 462 g/mol. The highest BCUT2D eigenvalue weighted by Gasteiger charge is 2.25. The third-order valence-corrected chi connectivity index (χ3v) is 6.87. The first-order valence-electron chi connectivity index (χ1n) is 10.9. The Morgan fingerprint density at radius 1 is 1.12 bits per heavy atom. The molecule has 0 radical (unpaired) electrons. The van der Waals surface area contributed by atoms with Crippen LogP contribution in [0, 0.1) is 5.82 Å². The van der Waals surface area contributed by atoms with Gasteiger partial charge in [-0.05, 0) is 42.5 Å². The van der Waals surface area contributed by atoms with Crippen LogP contribution in [-0.2, 0) is 11.2 Å². The summed E-state index contributed by atoms with van der Waals surface area (Å²) in [6.07, 6.45) is 2.02. The Labute approximate surface area is 194 Å². The lowest BCUT2D eigenvalue weighted by Gasteiger charge is -2.31. The van der Waals surface area contributed by atoms with E-state index in [-0.39, 0.29) is 17.9 Å². The van der Waals surface area contributed by atoms with Crippen LogP contribution in [0.4, 0.5) is 9.52 Å². The Hall–Kier alpha value is -3.52. The molecule has 6 nitrogen and oxygen atoms in total. The molecule has 33 heavy (non-hydrogen) atoms. The van der Waals surface area contributed by atoms with Gasteiger partial charge in [-0.25, -0.2) is 9.37 Å². The molecule has 0 atom stereocenters. The molecule has 168 valence electrons. The SMILES string of the molecule is O=C(Nc1nc(CC(=O)N2CCC(c3cc4ccccc4[nH]3)CC2)cs1)c1ccccc1F. The van der Waals surface area contributed by atoms with Gasteiger partial charge in [0, 0.05) is 35.6 Å². The summed E-state index contributed by atoms with van der Waals surface area (Å²) in [5, 5.41) is 5.93. The summed E-state index contributed by atoms with van der Waals surface area (Å²) in [5.41, 5.74) is 2.94. The van der Waals surface area contributed by atoms with E-state index >= 15 is 0 Å². The van der Waals surface area contributed by atoms with Crippen LogP contribution in [0.1, 0.15) is 40.5 Å². The summed E-state index contributed by atoms with van der Waals surface area (Å²) in [7, 11) is 0. The third kappa shape index (κ3) is 4.66. The first-order chi connectivity index (χ1) is 16.1. The highest BCUT2D eigenvalue weighted by Crippen LogP contribution is 2.30. The van der Waals surface area contributed by atoms with Crippen molar-refractivity contribution in [1.82, 2.24) is 14.9 Å². The second kappa shape index (κ2) is 9.15. The molecule has 1 fully saturated rings. The minimum atomic E-state index is -0.585. The van der Waals surface area contributed by atoms with E-state index < -0.39 is 11.7 Å². The zero-order valence-corrected chi connectivity index (χ0v) is 18.7. The van der Waals surface area contributed by atoms with Gasteiger partial charge >= 0.3 is 0 Å². The number of anilines is 1. The van der Waals surface area contributed by atoms with Crippen LogP contribution in [0.15, 0.2) is 60.0 Å². The Morgan fingerprint density at radius 3 is 2.67 bits per heavy atom. The zero-order chi connectivity index (χ0) is 22.8. The maximum atomic E-state index is 13.8. The van der Waals surface area contributed by atoms with Crippen LogP contribution in [0.5, 0.6) is 0 Å². The molecule has 3 heterocycles. The van der Waals surface area contributed by atoms with E-state index in [1.165, 1.54) is 40.6 Å². The van der Waals surface area contributed by atoms with Gasteiger partial charge in [-0.15, -0.1) is 11.3 Å². The molecular weight excluding hydrogens is 439 g/mol. The molecule has 5 rings (SSSR count). The van der Waals surface area contributed by atoms with Crippen molar-refractivity contribution >= 4 is 39.2 Å². The van der Waals surface area contributed by atoms with Gasteiger partial charge in [0.1, 0.15) is 5.82 Å². The zero-order valence-electron chi connectivity index (χ0n) is 17.9. The van der Waals surface area contributed by atoms with E-state index in [9.17, 15) is 14.0 Å². The number of nitrogens with one attached hydrogen (secondary N) is 2. The number of amides is 2.